The Morgan fingerprint density at radius 3 is 1.83 bits per heavy atom. The van der Waals surface area contributed by atoms with Gasteiger partial charge in [-0.05, 0) is 29.2 Å². The number of methoxy groups -OCH3 is 1. The van der Waals surface area contributed by atoms with Crippen molar-refractivity contribution in [2.24, 2.45) is 0 Å². The van der Waals surface area contributed by atoms with Crippen molar-refractivity contribution < 1.29 is 14.3 Å². The first-order valence-electron chi connectivity index (χ1n) is 9.59. The van der Waals surface area contributed by atoms with Gasteiger partial charge in [-0.2, -0.15) is 0 Å². The summed E-state index contributed by atoms with van der Waals surface area (Å²) in [6.07, 6.45) is 2.13. The molecule has 0 radical (unpaired) electrons. The molecule has 0 saturated carbocycles. The van der Waals surface area contributed by atoms with Crippen molar-refractivity contribution in [3.8, 4) is 0 Å². The molecule has 0 N–H and O–H groups in total. The zero-order valence-corrected chi connectivity index (χ0v) is 16.7. The Labute approximate surface area is 171 Å². The number of Topliss-reactive ketones (excluding diaryl/α,β-unsaturated/α-hetero) is 1. The van der Waals surface area contributed by atoms with E-state index in [2.05, 4.69) is 10.8 Å². The van der Waals surface area contributed by atoms with E-state index in [9.17, 15) is 9.59 Å². The number of hydrogen-bond donors (Lipinski definition) is 0. The van der Waals surface area contributed by atoms with Gasteiger partial charge in [0.2, 0.25) is 5.78 Å². The number of allylic oxidation sites excluding steroid dienone is 1. The van der Waals surface area contributed by atoms with Crippen LogP contribution in [0.25, 0.3) is 5.57 Å². The van der Waals surface area contributed by atoms with E-state index in [1.807, 2.05) is 91.9 Å². The van der Waals surface area contributed by atoms with E-state index in [-0.39, 0.29) is 12.3 Å². The largest absolute Gasteiger partial charge is 0.463 e. The molecule has 0 fully saturated rings. The molecule has 0 aliphatic rings. The van der Waals surface area contributed by atoms with Gasteiger partial charge in [-0.3, -0.25) is 4.79 Å². The van der Waals surface area contributed by atoms with E-state index in [1.165, 1.54) is 7.11 Å². The maximum absolute atomic E-state index is 12.4. The average Bonchev–Trinajstić information content (AvgIpc) is 2.77. The number of rotatable bonds is 7. The number of hydrogen-bond acceptors (Lipinski definition) is 3. The van der Waals surface area contributed by atoms with Gasteiger partial charge in [0.05, 0.1) is 7.11 Å². The molecule has 0 aliphatic heterocycles. The highest BCUT2D eigenvalue weighted by Crippen LogP contribution is 2.31. The SMILES string of the molecule is COC(=O)C(=O)CC(C=C(c1ccccc1)c1ccccc1)c1ccc(C)cc1. The molecule has 3 nitrogen and oxygen atoms in total. The van der Waals surface area contributed by atoms with Crippen LogP contribution in [0.4, 0.5) is 0 Å². The van der Waals surface area contributed by atoms with Crippen LogP contribution in [0.15, 0.2) is 91.0 Å². The number of benzene rings is 3. The fraction of sp³-hybridized carbons (Fsp3) is 0.154. The third-order valence-electron chi connectivity index (χ3n) is 4.86. The molecule has 0 heterocycles. The van der Waals surface area contributed by atoms with Crippen molar-refractivity contribution >= 4 is 17.3 Å². The van der Waals surface area contributed by atoms with Gasteiger partial charge >= 0.3 is 5.97 Å². The Kier molecular flexibility index (Phi) is 6.75. The summed E-state index contributed by atoms with van der Waals surface area (Å²) < 4.78 is 4.63. The minimum Gasteiger partial charge on any atom is -0.463 e. The van der Waals surface area contributed by atoms with Gasteiger partial charge in [0.15, 0.2) is 0 Å². The van der Waals surface area contributed by atoms with Crippen molar-refractivity contribution in [3.63, 3.8) is 0 Å². The zero-order valence-electron chi connectivity index (χ0n) is 16.7. The lowest BCUT2D eigenvalue weighted by atomic mass is 9.87. The first-order valence-corrected chi connectivity index (χ1v) is 9.59. The van der Waals surface area contributed by atoms with Crippen LogP contribution in [0.1, 0.15) is 34.6 Å². The topological polar surface area (TPSA) is 43.4 Å². The number of carbonyl (C=O) groups excluding carboxylic acids is 2. The average molecular weight is 384 g/mol. The summed E-state index contributed by atoms with van der Waals surface area (Å²) in [5.41, 5.74) is 5.26. The molecule has 0 aliphatic carbocycles. The van der Waals surface area contributed by atoms with Gasteiger partial charge in [-0.1, -0.05) is 96.6 Å². The maximum atomic E-state index is 12.4. The first kappa shape index (κ1) is 20.3. The zero-order chi connectivity index (χ0) is 20.6. The van der Waals surface area contributed by atoms with E-state index < -0.39 is 11.8 Å². The molecular weight excluding hydrogens is 360 g/mol. The molecule has 0 spiro atoms. The van der Waals surface area contributed by atoms with Gasteiger partial charge in [0.25, 0.3) is 0 Å². The quantitative estimate of drug-likeness (QED) is 0.408. The third kappa shape index (κ3) is 5.29. The molecule has 1 atom stereocenters. The maximum Gasteiger partial charge on any atom is 0.374 e. The predicted molar refractivity (Wildman–Crippen MR) is 116 cm³/mol. The highest BCUT2D eigenvalue weighted by molar-refractivity contribution is 6.33. The van der Waals surface area contributed by atoms with Crippen LogP contribution in [0, 0.1) is 6.92 Å². The van der Waals surface area contributed by atoms with Crippen LogP contribution in [0.5, 0.6) is 0 Å². The molecule has 3 rings (SSSR count). The second kappa shape index (κ2) is 9.65. The van der Waals surface area contributed by atoms with Gasteiger partial charge in [0, 0.05) is 12.3 Å². The standard InChI is InChI=1S/C26H24O3/c1-19-13-15-20(16-14-19)23(18-25(27)26(28)29-2)17-24(21-9-5-3-6-10-21)22-11-7-4-8-12-22/h3-17,23H,18H2,1-2H3. The molecule has 3 aromatic rings. The van der Waals surface area contributed by atoms with Crippen molar-refractivity contribution in [2.75, 3.05) is 7.11 Å². The smallest absolute Gasteiger partial charge is 0.374 e. The Morgan fingerprint density at radius 2 is 1.34 bits per heavy atom. The summed E-state index contributed by atoms with van der Waals surface area (Å²) >= 11 is 0. The van der Waals surface area contributed by atoms with Crippen LogP contribution in [0.2, 0.25) is 0 Å². The fourth-order valence-electron chi connectivity index (χ4n) is 3.28. The first-order chi connectivity index (χ1) is 14.1. The van der Waals surface area contributed by atoms with E-state index in [1.54, 1.807) is 0 Å². The van der Waals surface area contributed by atoms with E-state index >= 15 is 0 Å². The van der Waals surface area contributed by atoms with Gasteiger partial charge in [-0.15, -0.1) is 0 Å². The molecule has 0 saturated heterocycles. The van der Waals surface area contributed by atoms with Crippen molar-refractivity contribution in [2.45, 2.75) is 19.3 Å². The molecule has 29 heavy (non-hydrogen) atoms. The van der Waals surface area contributed by atoms with Crippen LogP contribution >= 0.6 is 0 Å². The summed E-state index contributed by atoms with van der Waals surface area (Å²) in [6.45, 7) is 2.02. The normalized spacial score (nSPS) is 11.4. The van der Waals surface area contributed by atoms with E-state index in [4.69, 9.17) is 0 Å². The van der Waals surface area contributed by atoms with Crippen molar-refractivity contribution in [1.82, 2.24) is 0 Å². The second-order valence-electron chi connectivity index (χ2n) is 6.95. The van der Waals surface area contributed by atoms with Crippen molar-refractivity contribution in [1.29, 1.82) is 0 Å². The molecule has 3 heteroatoms. The van der Waals surface area contributed by atoms with Crippen LogP contribution in [0.3, 0.4) is 0 Å². The lowest BCUT2D eigenvalue weighted by Crippen LogP contribution is -2.18. The van der Waals surface area contributed by atoms with Crippen LogP contribution < -0.4 is 0 Å². The molecule has 3 aromatic carbocycles. The summed E-state index contributed by atoms with van der Waals surface area (Å²) in [5, 5.41) is 0. The molecule has 146 valence electrons. The van der Waals surface area contributed by atoms with Crippen molar-refractivity contribution in [3.05, 3.63) is 113 Å². The Morgan fingerprint density at radius 1 is 0.828 bits per heavy atom. The fourth-order valence-corrected chi connectivity index (χ4v) is 3.28. The number of carbonyl (C=O) groups is 2. The Balaban J connectivity index is 2.10. The number of aryl methyl sites for hydroxylation is 1. The van der Waals surface area contributed by atoms with Crippen LogP contribution in [-0.4, -0.2) is 18.9 Å². The van der Waals surface area contributed by atoms with Gasteiger partial charge in [0.1, 0.15) is 0 Å². The lowest BCUT2D eigenvalue weighted by molar-refractivity contribution is -0.151. The minimum atomic E-state index is -0.809. The minimum absolute atomic E-state index is 0.0545. The highest BCUT2D eigenvalue weighted by Gasteiger charge is 2.21. The molecule has 0 aromatic heterocycles. The van der Waals surface area contributed by atoms with E-state index in [0.717, 1.165) is 27.8 Å². The van der Waals surface area contributed by atoms with E-state index in [0.29, 0.717) is 0 Å². The van der Waals surface area contributed by atoms with Crippen LogP contribution in [-0.2, 0) is 14.3 Å². The summed E-state index contributed by atoms with van der Waals surface area (Å²) in [5.74, 6) is -1.59. The monoisotopic (exact) mass is 384 g/mol. The summed E-state index contributed by atoms with van der Waals surface area (Å²) in [6, 6.07) is 28.2. The molecular formula is C26H24O3. The Hall–Kier alpha value is -3.46. The number of ketones is 1. The number of esters is 1. The lowest BCUT2D eigenvalue weighted by Gasteiger charge is -2.17. The predicted octanol–water partition coefficient (Wildman–Crippen LogP) is 5.34. The molecule has 0 bridgehead atoms. The van der Waals surface area contributed by atoms with Gasteiger partial charge < -0.3 is 4.74 Å². The Bertz CT molecular complexity index is 946. The third-order valence-corrected chi connectivity index (χ3v) is 4.86. The van der Waals surface area contributed by atoms with Gasteiger partial charge in [-0.25, -0.2) is 4.79 Å². The molecule has 0 amide bonds. The molecule has 1 unspecified atom stereocenters. The summed E-state index contributed by atoms with van der Waals surface area (Å²) in [4.78, 5) is 24.1. The second-order valence-corrected chi connectivity index (χ2v) is 6.95. The number of ether oxygens (including phenoxy) is 1. The summed E-state index contributed by atoms with van der Waals surface area (Å²) in [7, 11) is 1.23. The highest BCUT2D eigenvalue weighted by atomic mass is 16.5.